The molecule has 3 aromatic rings. The molecule has 2 aromatic heterocycles. The topological polar surface area (TPSA) is 92.1 Å². The van der Waals surface area contributed by atoms with Gasteiger partial charge in [-0.1, -0.05) is 6.07 Å². The summed E-state index contributed by atoms with van der Waals surface area (Å²) in [5.74, 6) is 0.948. The minimum Gasteiger partial charge on any atom is -0.463 e. The lowest BCUT2D eigenvalue weighted by atomic mass is 10.2. The molecule has 2 N–H and O–H groups in total. The van der Waals surface area contributed by atoms with Gasteiger partial charge in [-0.05, 0) is 56.3 Å². The Balaban J connectivity index is 1.66. The molecule has 0 unspecified atom stereocenters. The van der Waals surface area contributed by atoms with E-state index in [4.69, 9.17) is 8.83 Å². The van der Waals surface area contributed by atoms with Gasteiger partial charge in [-0.3, -0.25) is 10.2 Å². The van der Waals surface area contributed by atoms with Crippen LogP contribution in [0.25, 0.3) is 0 Å². The summed E-state index contributed by atoms with van der Waals surface area (Å²) in [7, 11) is 0. The van der Waals surface area contributed by atoms with E-state index in [0.717, 1.165) is 0 Å². The lowest BCUT2D eigenvalue weighted by molar-refractivity contribution is 0.0955. The normalized spacial score (nSPS) is 12.1. The first kappa shape index (κ1) is 17.2. The van der Waals surface area contributed by atoms with E-state index in [2.05, 4.69) is 21.1 Å². The highest BCUT2D eigenvalue weighted by atomic mass is 16.3. The maximum Gasteiger partial charge on any atom is 0.271 e. The number of nitrogens with zero attached hydrogens (tertiary/aromatic N) is 2. The Morgan fingerprint density at radius 3 is 2.15 bits per heavy atom. The summed E-state index contributed by atoms with van der Waals surface area (Å²) in [6.07, 6.45) is 3.14. The van der Waals surface area contributed by atoms with Crippen LogP contribution >= 0.6 is 0 Å². The molecule has 0 aliphatic heterocycles. The maximum absolute atomic E-state index is 12.3. The average molecular weight is 350 g/mol. The molecule has 1 amide bonds. The van der Waals surface area contributed by atoms with Gasteiger partial charge < -0.3 is 8.83 Å². The van der Waals surface area contributed by atoms with Crippen molar-refractivity contribution < 1.29 is 13.6 Å². The molecule has 0 saturated carbocycles. The van der Waals surface area contributed by atoms with Crippen molar-refractivity contribution in [2.45, 2.75) is 13.8 Å². The van der Waals surface area contributed by atoms with Crippen molar-refractivity contribution in [1.82, 2.24) is 5.43 Å². The Bertz CT molecular complexity index is 926. The number of furan rings is 2. The molecule has 7 nitrogen and oxygen atoms in total. The van der Waals surface area contributed by atoms with Crippen molar-refractivity contribution in [1.29, 1.82) is 0 Å². The van der Waals surface area contributed by atoms with Crippen molar-refractivity contribution in [3.05, 3.63) is 78.1 Å². The zero-order chi connectivity index (χ0) is 18.4. The smallest absolute Gasteiger partial charge is 0.271 e. The average Bonchev–Trinajstić information content (AvgIpc) is 3.38. The van der Waals surface area contributed by atoms with E-state index in [9.17, 15) is 4.79 Å². The number of rotatable bonds is 6. The molecule has 0 fully saturated rings. The first-order chi connectivity index (χ1) is 12.6. The zero-order valence-electron chi connectivity index (χ0n) is 14.4. The second-order valence-corrected chi connectivity index (χ2v) is 5.48. The van der Waals surface area contributed by atoms with Crippen LogP contribution in [0, 0.1) is 0 Å². The molecule has 26 heavy (non-hydrogen) atoms. The molecular formula is C19H18N4O3. The summed E-state index contributed by atoms with van der Waals surface area (Å²) in [5, 5.41) is 8.29. The molecule has 3 rings (SSSR count). The number of hydrogen-bond donors (Lipinski definition) is 2. The Labute approximate surface area is 150 Å². The minimum atomic E-state index is -0.328. The van der Waals surface area contributed by atoms with E-state index in [1.165, 1.54) is 0 Å². The Morgan fingerprint density at radius 1 is 0.885 bits per heavy atom. The zero-order valence-corrected chi connectivity index (χ0v) is 14.4. The van der Waals surface area contributed by atoms with Crippen LogP contribution in [0.5, 0.6) is 0 Å². The Kier molecular flexibility index (Phi) is 5.28. The third kappa shape index (κ3) is 4.27. The van der Waals surface area contributed by atoms with Crippen LogP contribution in [0.1, 0.15) is 35.7 Å². The first-order valence-electron chi connectivity index (χ1n) is 7.96. The number of amides is 1. The van der Waals surface area contributed by atoms with E-state index in [-0.39, 0.29) is 5.91 Å². The van der Waals surface area contributed by atoms with E-state index < -0.39 is 0 Å². The molecule has 0 aliphatic rings. The van der Waals surface area contributed by atoms with Crippen LogP contribution in [0.15, 0.2) is 80.1 Å². The first-order valence-corrected chi connectivity index (χ1v) is 7.96. The highest BCUT2D eigenvalue weighted by Crippen LogP contribution is 2.12. The van der Waals surface area contributed by atoms with E-state index in [1.807, 2.05) is 19.1 Å². The summed E-state index contributed by atoms with van der Waals surface area (Å²) in [6, 6.07) is 14.1. The van der Waals surface area contributed by atoms with Crippen LogP contribution in [-0.4, -0.2) is 17.3 Å². The molecule has 0 atom stereocenters. The van der Waals surface area contributed by atoms with Crippen LogP contribution in [0.3, 0.4) is 0 Å². The van der Waals surface area contributed by atoms with Gasteiger partial charge in [-0.15, -0.1) is 0 Å². The van der Waals surface area contributed by atoms with Gasteiger partial charge in [0.1, 0.15) is 22.9 Å². The number of hydrazone groups is 2. The quantitative estimate of drug-likeness (QED) is 0.521. The molecule has 0 spiro atoms. The second kappa shape index (κ2) is 7.98. The number of anilines is 1. The number of hydrogen-bond acceptors (Lipinski definition) is 6. The minimum absolute atomic E-state index is 0.328. The largest absolute Gasteiger partial charge is 0.463 e. The van der Waals surface area contributed by atoms with Crippen LogP contribution in [-0.2, 0) is 0 Å². The third-order valence-electron chi connectivity index (χ3n) is 3.56. The van der Waals surface area contributed by atoms with Gasteiger partial charge in [0.25, 0.3) is 5.91 Å². The monoisotopic (exact) mass is 350 g/mol. The molecule has 0 saturated heterocycles. The molecule has 0 bridgehead atoms. The van der Waals surface area contributed by atoms with Gasteiger partial charge in [-0.2, -0.15) is 10.2 Å². The van der Waals surface area contributed by atoms with Gasteiger partial charge in [-0.25, -0.2) is 5.43 Å². The summed E-state index contributed by atoms with van der Waals surface area (Å²) in [5.41, 5.74) is 7.83. The fraction of sp³-hybridized carbons (Fsp3) is 0.105. The van der Waals surface area contributed by atoms with E-state index in [1.54, 1.807) is 55.8 Å². The van der Waals surface area contributed by atoms with Crippen LogP contribution < -0.4 is 10.9 Å². The number of benzene rings is 1. The number of carbonyl (C=O) groups excluding carboxylic acids is 1. The van der Waals surface area contributed by atoms with E-state index >= 15 is 0 Å². The maximum atomic E-state index is 12.3. The van der Waals surface area contributed by atoms with Crippen LogP contribution in [0.2, 0.25) is 0 Å². The Morgan fingerprint density at radius 2 is 1.54 bits per heavy atom. The fourth-order valence-corrected chi connectivity index (χ4v) is 2.16. The molecule has 7 heteroatoms. The summed E-state index contributed by atoms with van der Waals surface area (Å²) in [4.78, 5) is 12.3. The molecule has 1 aromatic carbocycles. The summed E-state index contributed by atoms with van der Waals surface area (Å²) >= 11 is 0. The second-order valence-electron chi connectivity index (χ2n) is 5.48. The highest BCUT2D eigenvalue weighted by Gasteiger charge is 2.07. The molecule has 0 radical (unpaired) electrons. The van der Waals surface area contributed by atoms with E-state index in [0.29, 0.717) is 34.2 Å². The van der Waals surface area contributed by atoms with Crippen molar-refractivity contribution in [2.75, 3.05) is 5.43 Å². The standard InChI is InChI=1S/C19H18N4O3/c1-13(17-8-4-10-25-17)20-22-16-7-3-6-15(12-16)19(24)23-21-14(2)18-9-5-11-26-18/h3-12,22H,1-2H3,(H,23,24)/b20-13+,21-14+. The fourth-order valence-electron chi connectivity index (χ4n) is 2.16. The molecule has 132 valence electrons. The lowest BCUT2D eigenvalue weighted by Crippen LogP contribution is -2.19. The predicted molar refractivity (Wildman–Crippen MR) is 99.4 cm³/mol. The van der Waals surface area contributed by atoms with Crippen molar-refractivity contribution in [2.24, 2.45) is 10.2 Å². The predicted octanol–water partition coefficient (Wildman–Crippen LogP) is 3.86. The highest BCUT2D eigenvalue weighted by molar-refractivity contribution is 5.99. The van der Waals surface area contributed by atoms with Gasteiger partial charge in [0.15, 0.2) is 0 Å². The Hall–Kier alpha value is -3.61. The third-order valence-corrected chi connectivity index (χ3v) is 3.56. The van der Waals surface area contributed by atoms with Crippen LogP contribution in [0.4, 0.5) is 5.69 Å². The van der Waals surface area contributed by atoms with Gasteiger partial charge >= 0.3 is 0 Å². The van der Waals surface area contributed by atoms with Crippen molar-refractivity contribution >= 4 is 23.0 Å². The van der Waals surface area contributed by atoms with Gasteiger partial charge in [0, 0.05) is 5.56 Å². The number of carbonyl (C=O) groups is 1. The van der Waals surface area contributed by atoms with Crippen molar-refractivity contribution in [3.63, 3.8) is 0 Å². The van der Waals surface area contributed by atoms with Gasteiger partial charge in [0.2, 0.25) is 0 Å². The summed E-state index contributed by atoms with van der Waals surface area (Å²) < 4.78 is 10.5. The molecular weight excluding hydrogens is 332 g/mol. The number of nitrogens with one attached hydrogen (secondary N) is 2. The SMILES string of the molecule is C/C(=N\NC(=O)c1cccc(N/N=C(\C)c2ccco2)c1)c1ccco1. The lowest BCUT2D eigenvalue weighted by Gasteiger charge is -2.05. The summed E-state index contributed by atoms with van der Waals surface area (Å²) in [6.45, 7) is 3.58. The molecule has 0 aliphatic carbocycles. The van der Waals surface area contributed by atoms with Crippen molar-refractivity contribution in [3.8, 4) is 0 Å². The molecule has 2 heterocycles. The van der Waals surface area contributed by atoms with Gasteiger partial charge in [0.05, 0.1) is 18.2 Å².